The van der Waals surface area contributed by atoms with Gasteiger partial charge in [0.05, 0.1) is 32.5 Å². The Morgan fingerprint density at radius 3 is 1.16 bits per heavy atom. The van der Waals surface area contributed by atoms with Crippen molar-refractivity contribution in [1.29, 1.82) is 0 Å². The van der Waals surface area contributed by atoms with Crippen molar-refractivity contribution in [1.82, 2.24) is 9.13 Å². The molecule has 0 radical (unpaired) electrons. The zero-order valence-electron chi connectivity index (χ0n) is 64.6. The highest BCUT2D eigenvalue weighted by Gasteiger charge is 2.38. The molecule has 0 saturated heterocycles. The summed E-state index contributed by atoms with van der Waals surface area (Å²) in [5.74, 6) is 0. The number of anilines is 6. The van der Waals surface area contributed by atoms with Crippen molar-refractivity contribution in [2.45, 2.75) is 38.5 Å². The van der Waals surface area contributed by atoms with Crippen LogP contribution in [0.2, 0.25) is 0 Å². The van der Waals surface area contributed by atoms with Crippen molar-refractivity contribution < 1.29 is 0 Å². The lowest BCUT2D eigenvalue weighted by Gasteiger charge is -2.29. The van der Waals surface area contributed by atoms with Gasteiger partial charge in [0, 0.05) is 108 Å². The van der Waals surface area contributed by atoms with E-state index in [0.717, 1.165) is 22.7 Å². The van der Waals surface area contributed by atoms with Crippen LogP contribution in [0.25, 0.3) is 161 Å². The third-order valence-electron chi connectivity index (χ3n) is 25.1. The monoisotopic (exact) mass is 1520 g/mol. The predicted molar refractivity (Wildman–Crippen MR) is 498 cm³/mol. The van der Waals surface area contributed by atoms with Crippen molar-refractivity contribution in [3.05, 3.63) is 411 Å². The van der Waals surface area contributed by atoms with E-state index >= 15 is 0 Å². The first-order chi connectivity index (χ1) is 57.0. The van der Waals surface area contributed by atoms with Gasteiger partial charge in [-0.15, -0.1) is 22.7 Å². The van der Waals surface area contributed by atoms with Crippen LogP contribution in [-0.2, 0) is 10.8 Å². The van der Waals surface area contributed by atoms with Gasteiger partial charge in [0.15, 0.2) is 0 Å². The molecule has 0 saturated carbocycles. The Kier molecular flexibility index (Phi) is 15.4. The topological polar surface area (TPSA) is 16.3 Å². The highest BCUT2D eigenvalue weighted by atomic mass is 32.1. The van der Waals surface area contributed by atoms with Gasteiger partial charge in [0.25, 0.3) is 0 Å². The molecule has 0 N–H and O–H groups in total. The lowest BCUT2D eigenvalue weighted by molar-refractivity contribution is 0.660. The number of benzene rings is 18. The molecular formula is C110H76N4S2. The molecule has 4 nitrogen and oxygen atoms in total. The molecule has 22 aromatic rings. The number of hydrogen-bond donors (Lipinski definition) is 0. The molecule has 4 aromatic heterocycles. The van der Waals surface area contributed by atoms with Gasteiger partial charge in [-0.2, -0.15) is 0 Å². The second-order valence-corrected chi connectivity index (χ2v) is 34.5. The van der Waals surface area contributed by atoms with Gasteiger partial charge in [-0.05, 0) is 246 Å². The maximum Gasteiger partial charge on any atom is 0.0640 e. The van der Waals surface area contributed by atoms with Gasteiger partial charge < -0.3 is 18.9 Å². The molecule has 0 fully saturated rings. The molecule has 24 rings (SSSR count). The molecule has 0 spiro atoms. The first-order valence-corrected chi connectivity index (χ1v) is 41.8. The Morgan fingerprint density at radius 1 is 0.224 bits per heavy atom. The van der Waals surface area contributed by atoms with Crippen LogP contribution in [0, 0.1) is 0 Å². The zero-order chi connectivity index (χ0) is 77.1. The van der Waals surface area contributed by atoms with Crippen LogP contribution in [0.5, 0.6) is 0 Å². The number of rotatable bonds is 10. The highest BCUT2D eigenvalue weighted by molar-refractivity contribution is 7.26. The SMILES string of the molecule is CC1(C)c2ccccc2-c2ccc(N(c3ccc4cc(-c5ccc6c(c5)c5ccccc5n6-c5ccccc5)ccc4c3)c3ccc4sc5ccccc5c4c3)cc21.CC1(C)c2ccccc2-c2ccc(N(c3ccc4cc(-c5ccc6c(c5)c5ccccc5n6-c5ccccc5)ccc4c3)c3cccc4c3sc3ccccc34)cc21. The Balaban J connectivity index is 0.000000137. The molecule has 0 atom stereocenters. The van der Waals surface area contributed by atoms with E-state index in [9.17, 15) is 0 Å². The van der Waals surface area contributed by atoms with E-state index in [-0.39, 0.29) is 10.8 Å². The molecule has 0 unspecified atom stereocenters. The van der Waals surface area contributed by atoms with E-state index in [0.29, 0.717) is 0 Å². The van der Waals surface area contributed by atoms with E-state index in [1.807, 2.05) is 22.7 Å². The van der Waals surface area contributed by atoms with Crippen molar-refractivity contribution in [3.8, 4) is 55.9 Å². The average Bonchev–Trinajstić information content (AvgIpc) is 1.55. The minimum absolute atomic E-state index is 0.0968. The normalized spacial score (nSPS) is 13.1. The molecule has 0 aliphatic heterocycles. The third-order valence-corrected chi connectivity index (χ3v) is 27.5. The van der Waals surface area contributed by atoms with E-state index < -0.39 is 0 Å². The Bertz CT molecular complexity index is 7790. The van der Waals surface area contributed by atoms with Gasteiger partial charge in [-0.1, -0.05) is 258 Å². The second kappa shape index (κ2) is 26.4. The first-order valence-electron chi connectivity index (χ1n) is 40.2. The zero-order valence-corrected chi connectivity index (χ0v) is 66.2. The lowest BCUT2D eigenvalue weighted by Crippen LogP contribution is -2.16. The number of hydrogen-bond acceptors (Lipinski definition) is 4. The lowest BCUT2D eigenvalue weighted by atomic mass is 9.82. The predicted octanol–water partition coefficient (Wildman–Crippen LogP) is 31.5. The van der Waals surface area contributed by atoms with Crippen LogP contribution in [-0.4, -0.2) is 9.13 Å². The van der Waals surface area contributed by atoms with Gasteiger partial charge >= 0.3 is 0 Å². The molecule has 116 heavy (non-hydrogen) atoms. The van der Waals surface area contributed by atoms with Gasteiger partial charge in [-0.25, -0.2) is 0 Å². The fourth-order valence-corrected chi connectivity index (χ4v) is 21.7. The summed E-state index contributed by atoms with van der Waals surface area (Å²) in [6, 6.07) is 144. The molecule has 6 heteroatoms. The van der Waals surface area contributed by atoms with Crippen LogP contribution < -0.4 is 9.80 Å². The average molecular weight is 1520 g/mol. The fraction of sp³-hybridized carbons (Fsp3) is 0.0545. The van der Waals surface area contributed by atoms with Crippen molar-refractivity contribution in [2.24, 2.45) is 0 Å². The molecule has 4 heterocycles. The van der Waals surface area contributed by atoms with E-state index in [1.165, 1.54) is 195 Å². The standard InChI is InChI=1S/2C55H38N2S/c1-55(2)48-19-9-6-15-42(48)43-29-28-41(34-49(43)55)56(52-21-12-18-46-45-17-8-11-22-53(45)58-54(46)52)40-27-25-36-31-35(23-24-37(36)32-40)38-26-30-51-47(33-38)44-16-7-10-20-50(44)57(51)39-13-4-3-5-14-39;1-55(2)49-17-9-6-14-43(49)44-27-25-42(34-50(44)55)56(41-26-29-54-48(33-41)46-16-8-11-19-53(46)58-54)40-24-22-36-30-35(20-21-37(36)31-40)38-23-28-52-47(32-38)45-15-7-10-18-51(45)57(52)39-12-4-3-5-13-39/h2*3-34H,1-2H3. The molecule has 2 aliphatic carbocycles. The fourth-order valence-electron chi connectivity index (χ4n) is 19.4. The largest absolute Gasteiger partial charge is 0.310 e. The van der Waals surface area contributed by atoms with Gasteiger partial charge in [-0.3, -0.25) is 0 Å². The Morgan fingerprint density at radius 2 is 0.595 bits per heavy atom. The summed E-state index contributed by atoms with van der Waals surface area (Å²) >= 11 is 3.75. The van der Waals surface area contributed by atoms with Gasteiger partial charge in [0.1, 0.15) is 0 Å². The molecule has 0 amide bonds. The van der Waals surface area contributed by atoms with Crippen LogP contribution >= 0.6 is 22.7 Å². The number of aromatic nitrogens is 2. The molecular weight excluding hydrogens is 1440 g/mol. The summed E-state index contributed by atoms with van der Waals surface area (Å²) in [5.41, 5.74) is 29.7. The van der Waals surface area contributed by atoms with Crippen LogP contribution in [0.15, 0.2) is 388 Å². The maximum absolute atomic E-state index is 2.49. The number of thiophene rings is 2. The van der Waals surface area contributed by atoms with Crippen LogP contribution in [0.1, 0.15) is 49.9 Å². The highest BCUT2D eigenvalue weighted by Crippen LogP contribution is 2.55. The van der Waals surface area contributed by atoms with Crippen molar-refractivity contribution >= 4 is 162 Å². The second-order valence-electron chi connectivity index (χ2n) is 32.3. The van der Waals surface area contributed by atoms with Crippen molar-refractivity contribution in [2.75, 3.05) is 9.80 Å². The van der Waals surface area contributed by atoms with Crippen LogP contribution in [0.3, 0.4) is 0 Å². The van der Waals surface area contributed by atoms with Gasteiger partial charge in [0.2, 0.25) is 0 Å². The molecule has 548 valence electrons. The van der Waals surface area contributed by atoms with E-state index in [1.54, 1.807) is 0 Å². The molecule has 2 aliphatic rings. The summed E-state index contributed by atoms with van der Waals surface area (Å²) in [7, 11) is 0. The molecule has 0 bridgehead atoms. The summed E-state index contributed by atoms with van der Waals surface area (Å²) < 4.78 is 9.99. The number of para-hydroxylation sites is 4. The number of nitrogens with zero attached hydrogens (tertiary/aromatic N) is 4. The summed E-state index contributed by atoms with van der Waals surface area (Å²) in [6.07, 6.45) is 0. The maximum atomic E-state index is 2.49. The van der Waals surface area contributed by atoms with E-state index in [2.05, 4.69) is 435 Å². The first kappa shape index (κ1) is 67.8. The van der Waals surface area contributed by atoms with Crippen LogP contribution in [0.4, 0.5) is 34.1 Å². The summed E-state index contributed by atoms with van der Waals surface area (Å²) in [5, 5.41) is 15.1. The minimum atomic E-state index is -0.101. The Hall–Kier alpha value is -13.9. The Labute approximate surface area is 681 Å². The van der Waals surface area contributed by atoms with Crippen molar-refractivity contribution in [3.63, 3.8) is 0 Å². The van der Waals surface area contributed by atoms with E-state index in [4.69, 9.17) is 0 Å². The minimum Gasteiger partial charge on any atom is -0.310 e. The summed E-state index contributed by atoms with van der Waals surface area (Å²) in [4.78, 5) is 4.94. The molecule has 18 aromatic carbocycles. The number of fused-ring (bicyclic) bond motifs is 20. The third kappa shape index (κ3) is 10.7. The summed E-state index contributed by atoms with van der Waals surface area (Å²) in [6.45, 7) is 9.46. The smallest absolute Gasteiger partial charge is 0.0640 e. The quantitative estimate of drug-likeness (QED) is 0.136.